The van der Waals surface area contributed by atoms with Crippen LogP contribution >= 0.6 is 24.0 Å². The Morgan fingerprint density at radius 3 is 2.53 bits per heavy atom. The Morgan fingerprint density at radius 2 is 1.90 bits per heavy atom. The second-order valence-electron chi connectivity index (χ2n) is 7.00. The molecule has 2 aromatic rings. The molecule has 2 heterocycles. The van der Waals surface area contributed by atoms with Gasteiger partial charge in [0, 0.05) is 25.7 Å². The number of halogens is 3. The quantitative estimate of drug-likeness (QED) is 0.301. The summed E-state index contributed by atoms with van der Waals surface area (Å²) in [6.45, 7) is 2.11. The Kier molecular flexibility index (Phi) is 9.83. The second-order valence-corrected chi connectivity index (χ2v) is 7.00. The van der Waals surface area contributed by atoms with Gasteiger partial charge in [0.15, 0.2) is 5.96 Å². The van der Waals surface area contributed by atoms with Crippen LogP contribution in [-0.4, -0.2) is 44.2 Å². The maximum Gasteiger partial charge on any atom is 0.387 e. The van der Waals surface area contributed by atoms with Crippen molar-refractivity contribution in [2.24, 2.45) is 4.99 Å². The summed E-state index contributed by atoms with van der Waals surface area (Å²) in [5.41, 5.74) is 0.633. The molecule has 2 N–H and O–H groups in total. The number of alkyl halides is 2. The zero-order valence-corrected chi connectivity index (χ0v) is 19.6. The molecule has 3 rings (SSSR count). The van der Waals surface area contributed by atoms with Gasteiger partial charge in [-0.05, 0) is 51.1 Å². The molecule has 1 aromatic carbocycles. The standard InChI is InChI=1S/C21H28F2N4O2.HI/c1-15-9-10-19(28-15)17(27-11-5-6-12-27)14-26-21(24-2)25-13-16-7-3-4-8-18(16)29-20(22)23;/h3-4,7-10,17,20H,5-6,11-14H2,1-2H3,(H2,24,25,26);1H. The third-order valence-corrected chi connectivity index (χ3v) is 4.99. The predicted octanol–water partition coefficient (Wildman–Crippen LogP) is 4.31. The van der Waals surface area contributed by atoms with Crippen LogP contribution in [0.15, 0.2) is 45.8 Å². The van der Waals surface area contributed by atoms with E-state index in [2.05, 4.69) is 25.3 Å². The predicted molar refractivity (Wildman–Crippen MR) is 124 cm³/mol. The lowest BCUT2D eigenvalue weighted by atomic mass is 10.2. The maximum absolute atomic E-state index is 12.6. The number of likely N-dealkylation sites (tertiary alicyclic amines) is 1. The van der Waals surface area contributed by atoms with E-state index in [0.29, 0.717) is 24.6 Å². The number of para-hydroxylation sites is 1. The number of hydrogen-bond acceptors (Lipinski definition) is 4. The van der Waals surface area contributed by atoms with E-state index >= 15 is 0 Å². The molecule has 1 saturated heterocycles. The zero-order chi connectivity index (χ0) is 20.6. The zero-order valence-electron chi connectivity index (χ0n) is 17.2. The highest BCUT2D eigenvalue weighted by Crippen LogP contribution is 2.26. The van der Waals surface area contributed by atoms with Gasteiger partial charge in [-0.2, -0.15) is 8.78 Å². The monoisotopic (exact) mass is 534 g/mol. The average molecular weight is 534 g/mol. The minimum Gasteiger partial charge on any atom is -0.465 e. The largest absolute Gasteiger partial charge is 0.465 e. The highest BCUT2D eigenvalue weighted by molar-refractivity contribution is 14.0. The Bertz CT molecular complexity index is 810. The number of benzene rings is 1. The van der Waals surface area contributed by atoms with E-state index in [9.17, 15) is 8.78 Å². The molecule has 1 aliphatic heterocycles. The molecule has 1 unspecified atom stereocenters. The molecule has 30 heavy (non-hydrogen) atoms. The summed E-state index contributed by atoms with van der Waals surface area (Å²) in [6, 6.07) is 10.8. The number of aliphatic imine (C=N–C) groups is 1. The lowest BCUT2D eigenvalue weighted by Crippen LogP contribution is -2.42. The molecule has 6 nitrogen and oxygen atoms in total. The van der Waals surface area contributed by atoms with Gasteiger partial charge in [-0.15, -0.1) is 24.0 Å². The summed E-state index contributed by atoms with van der Waals surface area (Å²) in [5.74, 6) is 2.57. The third-order valence-electron chi connectivity index (χ3n) is 4.99. The fourth-order valence-electron chi connectivity index (χ4n) is 3.55. The Hall–Kier alpha value is -1.88. The van der Waals surface area contributed by atoms with Crippen molar-refractivity contribution in [3.8, 4) is 5.75 Å². The minimum absolute atomic E-state index is 0. The number of aryl methyl sites for hydroxylation is 1. The molecular formula is C21H29F2IN4O2. The van der Waals surface area contributed by atoms with Crippen molar-refractivity contribution in [3.05, 3.63) is 53.5 Å². The van der Waals surface area contributed by atoms with Crippen molar-refractivity contribution in [1.82, 2.24) is 15.5 Å². The van der Waals surface area contributed by atoms with Gasteiger partial charge in [0.1, 0.15) is 17.3 Å². The fourth-order valence-corrected chi connectivity index (χ4v) is 3.55. The van der Waals surface area contributed by atoms with Crippen LogP contribution in [0.1, 0.15) is 36.0 Å². The van der Waals surface area contributed by atoms with E-state index in [1.165, 1.54) is 18.9 Å². The maximum atomic E-state index is 12.6. The number of nitrogens with zero attached hydrogens (tertiary/aromatic N) is 2. The number of hydrogen-bond donors (Lipinski definition) is 2. The van der Waals surface area contributed by atoms with Crippen LogP contribution in [0, 0.1) is 6.92 Å². The van der Waals surface area contributed by atoms with Gasteiger partial charge in [0.05, 0.1) is 6.04 Å². The van der Waals surface area contributed by atoms with Crippen LogP contribution in [0.3, 0.4) is 0 Å². The van der Waals surface area contributed by atoms with E-state index in [0.717, 1.165) is 24.6 Å². The van der Waals surface area contributed by atoms with Crippen LogP contribution in [0.5, 0.6) is 5.75 Å². The van der Waals surface area contributed by atoms with Gasteiger partial charge < -0.3 is 19.8 Å². The molecular weight excluding hydrogens is 505 g/mol. The molecule has 0 amide bonds. The number of rotatable bonds is 8. The Morgan fingerprint density at radius 1 is 1.17 bits per heavy atom. The van der Waals surface area contributed by atoms with Gasteiger partial charge >= 0.3 is 6.61 Å². The molecule has 1 aliphatic rings. The van der Waals surface area contributed by atoms with Crippen molar-refractivity contribution in [3.63, 3.8) is 0 Å². The Balaban J connectivity index is 0.00000320. The molecule has 0 bridgehead atoms. The molecule has 0 aliphatic carbocycles. The summed E-state index contributed by atoms with van der Waals surface area (Å²) in [4.78, 5) is 6.65. The molecule has 1 fully saturated rings. The highest BCUT2D eigenvalue weighted by atomic mass is 127. The lowest BCUT2D eigenvalue weighted by molar-refractivity contribution is -0.0504. The molecule has 1 aromatic heterocycles. The summed E-state index contributed by atoms with van der Waals surface area (Å²) in [5, 5.41) is 6.50. The van der Waals surface area contributed by atoms with Gasteiger partial charge in [0.25, 0.3) is 0 Å². The van der Waals surface area contributed by atoms with E-state index in [4.69, 9.17) is 4.42 Å². The van der Waals surface area contributed by atoms with Gasteiger partial charge in [-0.1, -0.05) is 18.2 Å². The van der Waals surface area contributed by atoms with Gasteiger partial charge in [0.2, 0.25) is 0 Å². The van der Waals surface area contributed by atoms with E-state index < -0.39 is 6.61 Å². The van der Waals surface area contributed by atoms with Crippen LogP contribution < -0.4 is 15.4 Å². The van der Waals surface area contributed by atoms with Gasteiger partial charge in [-0.25, -0.2) is 0 Å². The average Bonchev–Trinajstić information content (AvgIpc) is 3.37. The topological polar surface area (TPSA) is 62.0 Å². The van der Waals surface area contributed by atoms with Crippen LogP contribution in [-0.2, 0) is 6.54 Å². The van der Waals surface area contributed by atoms with Crippen LogP contribution in [0.2, 0.25) is 0 Å². The fraction of sp³-hybridized carbons (Fsp3) is 0.476. The van der Waals surface area contributed by atoms with Gasteiger partial charge in [-0.3, -0.25) is 9.89 Å². The summed E-state index contributed by atoms with van der Waals surface area (Å²) >= 11 is 0. The first-order valence-electron chi connectivity index (χ1n) is 9.84. The molecule has 0 radical (unpaired) electrons. The molecule has 166 valence electrons. The number of ether oxygens (including phenoxy) is 1. The highest BCUT2D eigenvalue weighted by Gasteiger charge is 2.26. The van der Waals surface area contributed by atoms with Crippen molar-refractivity contribution >= 4 is 29.9 Å². The lowest BCUT2D eigenvalue weighted by Gasteiger charge is -2.27. The van der Waals surface area contributed by atoms with Crippen molar-refractivity contribution in [2.75, 3.05) is 26.7 Å². The first kappa shape index (κ1) is 24.4. The minimum atomic E-state index is -2.86. The van der Waals surface area contributed by atoms with Crippen LogP contribution in [0.25, 0.3) is 0 Å². The van der Waals surface area contributed by atoms with Crippen molar-refractivity contribution < 1.29 is 17.9 Å². The summed E-state index contributed by atoms with van der Waals surface area (Å²) < 4.78 is 35.6. The van der Waals surface area contributed by atoms with Crippen molar-refractivity contribution in [2.45, 2.75) is 39.0 Å². The molecule has 1 atom stereocenters. The van der Waals surface area contributed by atoms with E-state index in [1.54, 1.807) is 25.2 Å². The van der Waals surface area contributed by atoms with E-state index in [1.807, 2.05) is 19.1 Å². The number of nitrogens with one attached hydrogen (secondary N) is 2. The third kappa shape index (κ3) is 6.83. The number of guanidine groups is 1. The van der Waals surface area contributed by atoms with Crippen molar-refractivity contribution in [1.29, 1.82) is 0 Å². The SMILES string of the molecule is CN=C(NCc1ccccc1OC(F)F)NCC(c1ccc(C)o1)N1CCCC1.I. The molecule has 9 heteroatoms. The number of furan rings is 1. The normalized spacial score (nSPS) is 15.7. The first-order valence-corrected chi connectivity index (χ1v) is 9.84. The first-order chi connectivity index (χ1) is 14.1. The summed E-state index contributed by atoms with van der Waals surface area (Å²) in [6.07, 6.45) is 2.37. The summed E-state index contributed by atoms with van der Waals surface area (Å²) in [7, 11) is 1.68. The molecule has 0 spiro atoms. The molecule has 0 saturated carbocycles. The smallest absolute Gasteiger partial charge is 0.387 e. The van der Waals surface area contributed by atoms with Crippen LogP contribution in [0.4, 0.5) is 8.78 Å². The Labute approximate surface area is 193 Å². The van der Waals surface area contributed by atoms with E-state index in [-0.39, 0.29) is 35.8 Å². The second kappa shape index (κ2) is 12.1.